The zero-order valence-electron chi connectivity index (χ0n) is 7.56. The van der Waals surface area contributed by atoms with Crippen molar-refractivity contribution in [3.63, 3.8) is 0 Å². The Bertz CT molecular complexity index is 305. The van der Waals surface area contributed by atoms with Gasteiger partial charge in [-0.1, -0.05) is 0 Å². The second-order valence-corrected chi connectivity index (χ2v) is 3.53. The Balaban J connectivity index is 2.13. The molecule has 0 bridgehead atoms. The third kappa shape index (κ3) is 0.971. The third-order valence-electron chi connectivity index (χ3n) is 2.72. The molecule has 2 unspecified atom stereocenters. The third-order valence-corrected chi connectivity index (χ3v) is 2.72. The molecule has 1 aliphatic carbocycles. The molecule has 1 aliphatic heterocycles. The molecular formula is C8H10N2O4. The molecule has 0 radical (unpaired) electrons. The molecule has 2 fully saturated rings. The first-order valence-electron chi connectivity index (χ1n) is 4.32. The van der Waals surface area contributed by atoms with Crippen LogP contribution in [0.25, 0.3) is 0 Å². The van der Waals surface area contributed by atoms with Gasteiger partial charge in [0.1, 0.15) is 0 Å². The van der Waals surface area contributed by atoms with Crippen molar-refractivity contribution in [1.29, 1.82) is 0 Å². The molecule has 14 heavy (non-hydrogen) atoms. The van der Waals surface area contributed by atoms with Crippen LogP contribution in [-0.2, 0) is 14.4 Å². The van der Waals surface area contributed by atoms with Gasteiger partial charge < -0.3 is 10.4 Å². The fraction of sp³-hybridized carbons (Fsp3) is 0.625. The Labute approximate surface area is 79.9 Å². The molecule has 2 atom stereocenters. The van der Waals surface area contributed by atoms with Crippen LogP contribution in [0, 0.1) is 17.8 Å². The molecule has 1 heterocycles. The number of likely N-dealkylation sites (tertiary alicyclic amines) is 1. The lowest BCUT2D eigenvalue weighted by atomic mass is 10.2. The fourth-order valence-electron chi connectivity index (χ4n) is 2.02. The second kappa shape index (κ2) is 2.78. The summed E-state index contributed by atoms with van der Waals surface area (Å²) in [5, 5.41) is 11.4. The molecule has 1 saturated heterocycles. The van der Waals surface area contributed by atoms with E-state index in [2.05, 4.69) is 5.32 Å². The average Bonchev–Trinajstić information content (AvgIpc) is 2.81. The molecule has 0 aromatic carbocycles. The van der Waals surface area contributed by atoms with Crippen LogP contribution < -0.4 is 5.32 Å². The quantitative estimate of drug-likeness (QED) is 0.538. The number of piperidine rings is 1. The Kier molecular flexibility index (Phi) is 1.81. The van der Waals surface area contributed by atoms with Gasteiger partial charge in [-0.25, -0.2) is 0 Å². The Morgan fingerprint density at radius 1 is 1.43 bits per heavy atom. The average molecular weight is 198 g/mol. The zero-order valence-corrected chi connectivity index (χ0v) is 7.56. The summed E-state index contributed by atoms with van der Waals surface area (Å²) in [6.07, 6.45) is 0. The summed E-state index contributed by atoms with van der Waals surface area (Å²) in [5.74, 6) is -3.75. The van der Waals surface area contributed by atoms with E-state index >= 15 is 0 Å². The van der Waals surface area contributed by atoms with Gasteiger partial charge in [-0.3, -0.25) is 19.3 Å². The number of imide groups is 1. The number of fused-ring (bicyclic) bond motifs is 1. The maximum absolute atomic E-state index is 11.5. The summed E-state index contributed by atoms with van der Waals surface area (Å²) in [6, 6.07) is 0. The van der Waals surface area contributed by atoms with Crippen molar-refractivity contribution >= 4 is 17.8 Å². The Morgan fingerprint density at radius 2 is 1.93 bits per heavy atom. The van der Waals surface area contributed by atoms with E-state index in [1.165, 1.54) is 0 Å². The normalized spacial score (nSPS) is 34.6. The van der Waals surface area contributed by atoms with Gasteiger partial charge in [-0.2, -0.15) is 0 Å². The van der Waals surface area contributed by atoms with Gasteiger partial charge >= 0.3 is 5.97 Å². The molecule has 2 rings (SSSR count). The van der Waals surface area contributed by atoms with Crippen LogP contribution in [0.4, 0.5) is 0 Å². The lowest BCUT2D eigenvalue weighted by molar-refractivity contribution is -0.148. The van der Waals surface area contributed by atoms with Gasteiger partial charge in [-0.15, -0.1) is 0 Å². The van der Waals surface area contributed by atoms with Crippen molar-refractivity contribution in [2.45, 2.75) is 0 Å². The predicted molar refractivity (Wildman–Crippen MR) is 43.9 cm³/mol. The largest absolute Gasteiger partial charge is 0.481 e. The number of carboxylic acids is 1. The molecule has 2 N–H and O–H groups in total. The highest BCUT2D eigenvalue weighted by Crippen LogP contribution is 2.53. The van der Waals surface area contributed by atoms with E-state index in [-0.39, 0.29) is 18.5 Å². The van der Waals surface area contributed by atoms with E-state index in [9.17, 15) is 14.4 Å². The SMILES string of the molecule is CNCN1C(=O)C2C(C(=O)O)C2C1=O. The molecule has 0 aromatic heterocycles. The molecule has 6 nitrogen and oxygen atoms in total. The van der Waals surface area contributed by atoms with Gasteiger partial charge in [0.25, 0.3) is 0 Å². The first-order valence-corrected chi connectivity index (χ1v) is 4.32. The van der Waals surface area contributed by atoms with Gasteiger partial charge in [-0.05, 0) is 7.05 Å². The summed E-state index contributed by atoms with van der Waals surface area (Å²) in [4.78, 5) is 34.6. The van der Waals surface area contributed by atoms with Gasteiger partial charge in [0.2, 0.25) is 11.8 Å². The van der Waals surface area contributed by atoms with E-state index < -0.39 is 23.7 Å². The second-order valence-electron chi connectivity index (χ2n) is 3.53. The zero-order chi connectivity index (χ0) is 10.5. The van der Waals surface area contributed by atoms with Crippen molar-refractivity contribution in [1.82, 2.24) is 10.2 Å². The van der Waals surface area contributed by atoms with Crippen molar-refractivity contribution in [2.75, 3.05) is 13.7 Å². The summed E-state index contributed by atoms with van der Waals surface area (Å²) < 4.78 is 0. The van der Waals surface area contributed by atoms with Gasteiger partial charge in [0.05, 0.1) is 24.4 Å². The molecule has 76 valence electrons. The predicted octanol–water partition coefficient (Wildman–Crippen LogP) is -1.52. The summed E-state index contributed by atoms with van der Waals surface area (Å²) >= 11 is 0. The van der Waals surface area contributed by atoms with Crippen LogP contribution in [0.3, 0.4) is 0 Å². The summed E-state index contributed by atoms with van der Waals surface area (Å²) in [6.45, 7) is 0.164. The molecule has 0 spiro atoms. The molecule has 1 saturated carbocycles. The fourth-order valence-corrected chi connectivity index (χ4v) is 2.02. The van der Waals surface area contributed by atoms with Crippen LogP contribution in [0.1, 0.15) is 0 Å². The monoisotopic (exact) mass is 198 g/mol. The van der Waals surface area contributed by atoms with Crippen molar-refractivity contribution < 1.29 is 19.5 Å². The standard InChI is InChI=1S/C8H10N2O4/c1-9-2-10-6(11)3-4(7(10)12)5(3)8(13)14/h3-5,9H,2H2,1H3,(H,13,14). The number of hydrogen-bond acceptors (Lipinski definition) is 4. The summed E-state index contributed by atoms with van der Waals surface area (Å²) in [5.41, 5.74) is 0. The smallest absolute Gasteiger partial charge is 0.308 e. The Morgan fingerprint density at radius 3 is 2.29 bits per heavy atom. The van der Waals surface area contributed by atoms with Crippen LogP contribution in [0.5, 0.6) is 0 Å². The van der Waals surface area contributed by atoms with E-state index in [4.69, 9.17) is 5.11 Å². The van der Waals surface area contributed by atoms with E-state index in [0.29, 0.717) is 0 Å². The molecule has 2 amide bonds. The molecule has 6 heteroatoms. The van der Waals surface area contributed by atoms with Gasteiger partial charge in [0.15, 0.2) is 0 Å². The lowest BCUT2D eigenvalue weighted by Crippen LogP contribution is -2.40. The topological polar surface area (TPSA) is 86.7 Å². The molecular weight excluding hydrogens is 188 g/mol. The minimum atomic E-state index is -1.05. The lowest BCUT2D eigenvalue weighted by Gasteiger charge is -2.16. The summed E-state index contributed by atoms with van der Waals surface area (Å²) in [7, 11) is 1.62. The first-order chi connectivity index (χ1) is 6.59. The van der Waals surface area contributed by atoms with E-state index in [0.717, 1.165) is 4.90 Å². The highest BCUT2D eigenvalue weighted by molar-refractivity contribution is 6.13. The molecule has 0 aromatic rings. The Hall–Kier alpha value is -1.43. The maximum atomic E-state index is 11.5. The van der Waals surface area contributed by atoms with Crippen molar-refractivity contribution in [3.05, 3.63) is 0 Å². The van der Waals surface area contributed by atoms with Crippen LogP contribution in [-0.4, -0.2) is 41.5 Å². The molecule has 2 aliphatic rings. The minimum absolute atomic E-state index is 0.164. The first kappa shape index (κ1) is 9.14. The number of hydrogen-bond donors (Lipinski definition) is 2. The number of carbonyl (C=O) groups is 3. The highest BCUT2D eigenvalue weighted by atomic mass is 16.4. The van der Waals surface area contributed by atoms with E-state index in [1.54, 1.807) is 7.05 Å². The van der Waals surface area contributed by atoms with E-state index in [1.807, 2.05) is 0 Å². The maximum Gasteiger partial charge on any atom is 0.308 e. The van der Waals surface area contributed by atoms with Crippen LogP contribution in [0.2, 0.25) is 0 Å². The van der Waals surface area contributed by atoms with Crippen molar-refractivity contribution in [3.8, 4) is 0 Å². The van der Waals surface area contributed by atoms with Crippen molar-refractivity contribution in [2.24, 2.45) is 17.8 Å². The highest BCUT2D eigenvalue weighted by Gasteiger charge is 2.70. The number of amides is 2. The number of rotatable bonds is 3. The van der Waals surface area contributed by atoms with Gasteiger partial charge in [0, 0.05) is 0 Å². The van der Waals surface area contributed by atoms with Crippen LogP contribution >= 0.6 is 0 Å². The number of carbonyl (C=O) groups excluding carboxylic acids is 2. The van der Waals surface area contributed by atoms with Crippen LogP contribution in [0.15, 0.2) is 0 Å². The minimum Gasteiger partial charge on any atom is -0.481 e. The number of carboxylic acid groups (broad SMARTS) is 1. The number of nitrogens with one attached hydrogen (secondary N) is 1. The number of nitrogens with zero attached hydrogens (tertiary/aromatic N) is 1. The number of aliphatic carboxylic acids is 1.